The van der Waals surface area contributed by atoms with E-state index < -0.39 is 52.5 Å². The Bertz CT molecular complexity index is 1050. The lowest BCUT2D eigenvalue weighted by molar-refractivity contribution is -0.156. The number of nitrogens with one attached hydrogen (secondary N) is 3. The van der Waals surface area contributed by atoms with Gasteiger partial charge in [-0.15, -0.1) is 6.42 Å². The van der Waals surface area contributed by atoms with Gasteiger partial charge in [0.15, 0.2) is 0 Å². The van der Waals surface area contributed by atoms with E-state index in [-0.39, 0.29) is 25.5 Å². The first-order valence-corrected chi connectivity index (χ1v) is 13.3. The summed E-state index contributed by atoms with van der Waals surface area (Å²) in [7, 11) is 0. The Hall–Kier alpha value is -3.42. The van der Waals surface area contributed by atoms with Crippen molar-refractivity contribution in [2.24, 2.45) is 11.7 Å². The van der Waals surface area contributed by atoms with E-state index in [1.807, 2.05) is 51.1 Å². The summed E-state index contributed by atoms with van der Waals surface area (Å²) in [4.78, 5) is 51.7. The number of amides is 3. The predicted octanol–water partition coefficient (Wildman–Crippen LogP) is 1.85. The molecule has 0 aromatic heterocycles. The molecule has 0 unspecified atom stereocenters. The van der Waals surface area contributed by atoms with Crippen molar-refractivity contribution in [3.05, 3.63) is 35.9 Å². The first-order valence-electron chi connectivity index (χ1n) is 13.3. The molecule has 0 saturated carbocycles. The molecule has 0 radical (unpaired) electrons. The number of ether oxygens (including phenoxy) is 2. The third kappa shape index (κ3) is 13.1. The molecule has 1 aromatic rings. The van der Waals surface area contributed by atoms with E-state index in [9.17, 15) is 19.2 Å². The van der Waals surface area contributed by atoms with E-state index in [4.69, 9.17) is 21.6 Å². The monoisotopic (exact) mass is 558 g/mol. The molecule has 0 bridgehead atoms. The highest BCUT2D eigenvalue weighted by Crippen LogP contribution is 2.23. The van der Waals surface area contributed by atoms with Crippen LogP contribution in [0.1, 0.15) is 67.4 Å². The number of carbonyl (C=O) groups is 4. The summed E-state index contributed by atoms with van der Waals surface area (Å²) in [5.41, 5.74) is 4.46. The molecule has 10 nitrogen and oxygen atoms in total. The first kappa shape index (κ1) is 34.6. The van der Waals surface area contributed by atoms with Crippen molar-refractivity contribution in [3.63, 3.8) is 0 Å². The molecular formula is C30H46N4O6. The molecule has 0 fully saturated rings. The quantitative estimate of drug-likeness (QED) is 0.213. The van der Waals surface area contributed by atoms with Gasteiger partial charge in [0.2, 0.25) is 17.7 Å². The second kappa shape index (κ2) is 14.8. The van der Waals surface area contributed by atoms with Crippen molar-refractivity contribution in [1.29, 1.82) is 0 Å². The van der Waals surface area contributed by atoms with Crippen molar-refractivity contribution in [3.8, 4) is 12.3 Å². The van der Waals surface area contributed by atoms with Gasteiger partial charge in [0.05, 0.1) is 37.1 Å². The Morgan fingerprint density at radius 3 is 2.05 bits per heavy atom. The number of benzene rings is 1. The second-order valence-corrected chi connectivity index (χ2v) is 12.3. The van der Waals surface area contributed by atoms with Crippen LogP contribution in [0.15, 0.2) is 30.3 Å². The molecule has 0 saturated heterocycles. The smallest absolute Gasteiger partial charge is 0.308 e. The van der Waals surface area contributed by atoms with Crippen molar-refractivity contribution < 1.29 is 28.7 Å². The number of esters is 1. The normalized spacial score (nSPS) is 14.2. The minimum absolute atomic E-state index is 0.0434. The summed E-state index contributed by atoms with van der Waals surface area (Å²) < 4.78 is 11.0. The lowest BCUT2D eigenvalue weighted by Gasteiger charge is -2.36. The zero-order chi connectivity index (χ0) is 30.7. The summed E-state index contributed by atoms with van der Waals surface area (Å²) in [5.74, 6) is -0.548. The van der Waals surface area contributed by atoms with Crippen LogP contribution in [0.4, 0.5) is 0 Å². The Kier molecular flexibility index (Phi) is 12.8. The zero-order valence-corrected chi connectivity index (χ0v) is 25.1. The van der Waals surface area contributed by atoms with Gasteiger partial charge in [-0.3, -0.25) is 19.2 Å². The Morgan fingerprint density at radius 1 is 0.925 bits per heavy atom. The standard InChI is InChI=1S/C30H46N4O6/c1-10-16-32-25(36)21(17-20-14-12-11-13-15-20)30(8,9)34-27(38)23(19-39-28(2,3)4)33-26(37)22(31)18-24(35)40-29(5,6)7/h1,11-15,21-23H,16-19,31H2,2-9H3,(H,32,36)(H,33,37)(H,34,38)/t21-,22-,23-/m0/s1. The van der Waals surface area contributed by atoms with Gasteiger partial charge in [0.25, 0.3) is 0 Å². The molecule has 0 spiro atoms. The predicted molar refractivity (Wildman–Crippen MR) is 154 cm³/mol. The van der Waals surface area contributed by atoms with Gasteiger partial charge in [-0.2, -0.15) is 0 Å². The Labute approximate surface area is 238 Å². The maximum atomic E-state index is 13.5. The molecule has 3 amide bonds. The fourth-order valence-corrected chi connectivity index (χ4v) is 3.73. The number of rotatable bonds is 13. The van der Waals surface area contributed by atoms with Crippen molar-refractivity contribution in [2.75, 3.05) is 13.2 Å². The number of hydrogen-bond donors (Lipinski definition) is 4. The highest BCUT2D eigenvalue weighted by Gasteiger charge is 2.38. The van der Waals surface area contributed by atoms with Crippen LogP contribution in [0, 0.1) is 18.3 Å². The van der Waals surface area contributed by atoms with E-state index in [1.165, 1.54) is 0 Å². The van der Waals surface area contributed by atoms with Crippen LogP contribution >= 0.6 is 0 Å². The van der Waals surface area contributed by atoms with Crippen molar-refractivity contribution >= 4 is 23.7 Å². The highest BCUT2D eigenvalue weighted by molar-refractivity contribution is 5.92. The van der Waals surface area contributed by atoms with E-state index in [2.05, 4.69) is 21.9 Å². The van der Waals surface area contributed by atoms with Gasteiger partial charge in [-0.25, -0.2) is 0 Å². The molecule has 0 aliphatic carbocycles. The van der Waals surface area contributed by atoms with Crippen LogP contribution in [0.2, 0.25) is 0 Å². The molecule has 40 heavy (non-hydrogen) atoms. The summed E-state index contributed by atoms with van der Waals surface area (Å²) in [6.07, 6.45) is 5.30. The molecule has 5 N–H and O–H groups in total. The Morgan fingerprint density at radius 2 is 1.52 bits per heavy atom. The van der Waals surface area contributed by atoms with Crippen molar-refractivity contribution in [1.82, 2.24) is 16.0 Å². The third-order valence-corrected chi connectivity index (χ3v) is 5.74. The third-order valence-electron chi connectivity index (χ3n) is 5.74. The molecule has 0 heterocycles. The fraction of sp³-hybridized carbons (Fsp3) is 0.600. The zero-order valence-electron chi connectivity index (χ0n) is 25.1. The van der Waals surface area contributed by atoms with Gasteiger partial charge >= 0.3 is 5.97 Å². The molecule has 1 rings (SSSR count). The largest absolute Gasteiger partial charge is 0.460 e. The van der Waals surface area contributed by atoms with Gasteiger partial charge in [-0.05, 0) is 67.4 Å². The number of carbonyl (C=O) groups excluding carboxylic acids is 4. The van der Waals surface area contributed by atoms with Gasteiger partial charge in [-0.1, -0.05) is 36.3 Å². The van der Waals surface area contributed by atoms with Crippen LogP contribution in [-0.2, 0) is 35.1 Å². The van der Waals surface area contributed by atoms with E-state index in [0.717, 1.165) is 5.56 Å². The summed E-state index contributed by atoms with van der Waals surface area (Å²) in [6, 6.07) is 7.01. The summed E-state index contributed by atoms with van der Waals surface area (Å²) >= 11 is 0. The van der Waals surface area contributed by atoms with Gasteiger partial charge in [0.1, 0.15) is 11.6 Å². The SMILES string of the molecule is C#CCNC(=O)[C@H](Cc1ccccc1)C(C)(C)NC(=O)[C@H](COC(C)(C)C)NC(=O)[C@@H](N)CC(=O)OC(C)(C)C. The molecule has 10 heteroatoms. The molecule has 0 aliphatic rings. The average Bonchev–Trinajstić information content (AvgIpc) is 2.81. The summed E-state index contributed by atoms with van der Waals surface area (Å²) in [6.45, 7) is 13.9. The van der Waals surface area contributed by atoms with Gasteiger partial charge in [0, 0.05) is 5.54 Å². The molecule has 3 atom stereocenters. The molecule has 222 valence electrons. The average molecular weight is 559 g/mol. The molecule has 1 aromatic carbocycles. The molecule has 0 aliphatic heterocycles. The topological polar surface area (TPSA) is 149 Å². The van der Waals surface area contributed by atoms with Crippen molar-refractivity contribution in [2.45, 2.75) is 97.1 Å². The van der Waals surface area contributed by atoms with Crippen LogP contribution in [0.25, 0.3) is 0 Å². The number of hydrogen-bond acceptors (Lipinski definition) is 7. The lowest BCUT2D eigenvalue weighted by atomic mass is 9.81. The minimum atomic E-state index is -1.24. The second-order valence-electron chi connectivity index (χ2n) is 12.3. The first-order chi connectivity index (χ1) is 18.3. The Balaban J connectivity index is 3.13. The number of terminal acetylenes is 1. The number of nitrogens with two attached hydrogens (primary N) is 1. The van der Waals surface area contributed by atoms with E-state index >= 15 is 0 Å². The molecular weight excluding hydrogens is 512 g/mol. The minimum Gasteiger partial charge on any atom is -0.460 e. The fourth-order valence-electron chi connectivity index (χ4n) is 3.73. The van der Waals surface area contributed by atoms with E-state index in [0.29, 0.717) is 6.42 Å². The maximum Gasteiger partial charge on any atom is 0.308 e. The van der Waals surface area contributed by atoms with Crippen LogP contribution in [0.3, 0.4) is 0 Å². The van der Waals surface area contributed by atoms with Crippen LogP contribution in [-0.4, -0.2) is 65.7 Å². The highest BCUT2D eigenvalue weighted by atomic mass is 16.6. The van der Waals surface area contributed by atoms with Crippen LogP contribution in [0.5, 0.6) is 0 Å². The van der Waals surface area contributed by atoms with E-state index in [1.54, 1.807) is 34.6 Å². The lowest BCUT2D eigenvalue weighted by Crippen LogP contribution is -2.61. The van der Waals surface area contributed by atoms with Gasteiger partial charge < -0.3 is 31.2 Å². The maximum absolute atomic E-state index is 13.5. The summed E-state index contributed by atoms with van der Waals surface area (Å²) in [5, 5.41) is 8.21. The van der Waals surface area contributed by atoms with Crippen LogP contribution < -0.4 is 21.7 Å².